The Hall–Kier alpha value is -0.120. The largest absolute Gasteiger partial charge is 0.229 e. The summed E-state index contributed by atoms with van der Waals surface area (Å²) in [5, 5.41) is 12.0. The number of nitrogens with zero attached hydrogens (tertiary/aromatic N) is 2. The standard InChI is InChI=1S/C11H8Cl2N2S3/c1-2-9(16-5-14)17-11-15-8-4-6(12)3-7(13)10(8)18-11/h3-4,9H,2H2,1H3. The number of halogens is 2. The third-order valence-corrected chi connectivity index (χ3v) is 6.37. The Morgan fingerprint density at radius 1 is 1.50 bits per heavy atom. The molecule has 0 aliphatic carbocycles. The molecule has 0 aliphatic heterocycles. The summed E-state index contributed by atoms with van der Waals surface area (Å²) in [5.74, 6) is 0. The van der Waals surface area contributed by atoms with E-state index in [0.717, 1.165) is 21.0 Å². The summed E-state index contributed by atoms with van der Waals surface area (Å²) >= 11 is 16.5. The first-order chi connectivity index (χ1) is 8.63. The summed E-state index contributed by atoms with van der Waals surface area (Å²) in [7, 11) is 0. The summed E-state index contributed by atoms with van der Waals surface area (Å²) < 4.78 is 2.06. The predicted octanol–water partition coefficient (Wildman–Crippen LogP) is 5.65. The van der Waals surface area contributed by atoms with Crippen molar-refractivity contribution in [3.8, 4) is 5.40 Å². The highest BCUT2D eigenvalue weighted by Crippen LogP contribution is 2.40. The Morgan fingerprint density at radius 2 is 2.28 bits per heavy atom. The van der Waals surface area contributed by atoms with E-state index in [0.29, 0.717) is 10.0 Å². The average molecular weight is 335 g/mol. The fourth-order valence-electron chi connectivity index (χ4n) is 1.35. The van der Waals surface area contributed by atoms with Gasteiger partial charge in [0.1, 0.15) is 5.40 Å². The Kier molecular flexibility index (Phi) is 5.05. The molecule has 0 amide bonds. The van der Waals surface area contributed by atoms with Gasteiger partial charge in [-0.05, 0) is 30.3 Å². The molecule has 94 valence electrons. The van der Waals surface area contributed by atoms with E-state index < -0.39 is 0 Å². The van der Waals surface area contributed by atoms with Crippen LogP contribution in [0.15, 0.2) is 16.5 Å². The van der Waals surface area contributed by atoms with Crippen molar-refractivity contribution in [2.24, 2.45) is 0 Å². The van der Waals surface area contributed by atoms with Crippen molar-refractivity contribution in [3.05, 3.63) is 22.2 Å². The van der Waals surface area contributed by atoms with Crippen LogP contribution < -0.4 is 0 Å². The van der Waals surface area contributed by atoms with Crippen LogP contribution in [0.2, 0.25) is 10.0 Å². The van der Waals surface area contributed by atoms with E-state index in [-0.39, 0.29) is 4.58 Å². The zero-order valence-electron chi connectivity index (χ0n) is 9.31. The van der Waals surface area contributed by atoms with E-state index in [9.17, 15) is 0 Å². The monoisotopic (exact) mass is 334 g/mol. The lowest BCUT2D eigenvalue weighted by Crippen LogP contribution is -1.91. The van der Waals surface area contributed by atoms with Crippen molar-refractivity contribution >= 4 is 68.3 Å². The zero-order chi connectivity index (χ0) is 13.1. The summed E-state index contributed by atoms with van der Waals surface area (Å²) in [6.07, 6.45) is 0.910. The van der Waals surface area contributed by atoms with Crippen LogP contribution in [-0.4, -0.2) is 9.57 Å². The maximum atomic E-state index is 8.71. The molecule has 1 aromatic heterocycles. The quantitative estimate of drug-likeness (QED) is 0.411. The van der Waals surface area contributed by atoms with Gasteiger partial charge in [0, 0.05) is 5.02 Å². The van der Waals surface area contributed by atoms with Gasteiger partial charge in [0.2, 0.25) is 0 Å². The van der Waals surface area contributed by atoms with Crippen molar-refractivity contribution in [3.63, 3.8) is 0 Å². The van der Waals surface area contributed by atoms with Crippen LogP contribution in [0.1, 0.15) is 13.3 Å². The molecule has 18 heavy (non-hydrogen) atoms. The van der Waals surface area contributed by atoms with Crippen LogP contribution in [-0.2, 0) is 0 Å². The van der Waals surface area contributed by atoms with Gasteiger partial charge in [-0.2, -0.15) is 5.26 Å². The minimum Gasteiger partial charge on any atom is -0.229 e. The number of aromatic nitrogens is 1. The van der Waals surface area contributed by atoms with Gasteiger partial charge in [-0.25, -0.2) is 4.98 Å². The average Bonchev–Trinajstić information content (AvgIpc) is 2.71. The SMILES string of the molecule is CCC(SC#N)Sc1nc2cc(Cl)cc(Cl)c2s1. The molecule has 0 saturated carbocycles. The zero-order valence-corrected chi connectivity index (χ0v) is 13.3. The summed E-state index contributed by atoms with van der Waals surface area (Å²) in [5.41, 5.74) is 0.816. The van der Waals surface area contributed by atoms with Gasteiger partial charge >= 0.3 is 0 Å². The van der Waals surface area contributed by atoms with Gasteiger partial charge < -0.3 is 0 Å². The van der Waals surface area contributed by atoms with E-state index in [1.165, 1.54) is 11.8 Å². The molecule has 0 saturated heterocycles. The van der Waals surface area contributed by atoms with Crippen molar-refractivity contribution in [1.82, 2.24) is 4.98 Å². The van der Waals surface area contributed by atoms with Crippen LogP contribution in [0.5, 0.6) is 0 Å². The molecule has 0 spiro atoms. The Morgan fingerprint density at radius 3 is 2.94 bits per heavy atom. The normalized spacial score (nSPS) is 12.6. The fourth-order valence-corrected chi connectivity index (χ4v) is 5.03. The van der Waals surface area contributed by atoms with Crippen LogP contribution in [0.4, 0.5) is 0 Å². The first-order valence-corrected chi connectivity index (χ1v) is 8.44. The number of benzene rings is 1. The molecular weight excluding hydrogens is 327 g/mol. The van der Waals surface area contributed by atoms with Gasteiger partial charge in [-0.3, -0.25) is 0 Å². The predicted molar refractivity (Wildman–Crippen MR) is 82.8 cm³/mol. The second-order valence-electron chi connectivity index (χ2n) is 3.38. The maximum absolute atomic E-state index is 8.71. The maximum Gasteiger partial charge on any atom is 0.152 e. The molecule has 1 aromatic carbocycles. The third kappa shape index (κ3) is 3.25. The van der Waals surface area contributed by atoms with Gasteiger partial charge in [0.05, 0.1) is 19.8 Å². The fraction of sp³-hybridized carbons (Fsp3) is 0.273. The third-order valence-electron chi connectivity index (χ3n) is 2.14. The Balaban J connectivity index is 2.30. The van der Waals surface area contributed by atoms with E-state index >= 15 is 0 Å². The molecule has 2 rings (SSSR count). The van der Waals surface area contributed by atoms with Gasteiger partial charge in [-0.15, -0.1) is 11.3 Å². The number of hydrogen-bond acceptors (Lipinski definition) is 5. The molecular formula is C11H8Cl2N2S3. The van der Waals surface area contributed by atoms with Crippen molar-refractivity contribution in [2.75, 3.05) is 0 Å². The molecule has 0 radical (unpaired) electrons. The number of fused-ring (bicyclic) bond motifs is 1. The smallest absolute Gasteiger partial charge is 0.152 e. The first kappa shape index (κ1) is 14.3. The lowest BCUT2D eigenvalue weighted by Gasteiger charge is -2.05. The summed E-state index contributed by atoms with van der Waals surface area (Å²) in [6.45, 7) is 2.05. The second-order valence-corrected chi connectivity index (χ2v) is 7.96. The van der Waals surface area contributed by atoms with Gasteiger partial charge in [0.15, 0.2) is 4.34 Å². The highest BCUT2D eigenvalue weighted by Gasteiger charge is 2.14. The number of nitriles is 1. The summed E-state index contributed by atoms with van der Waals surface area (Å²) in [4.78, 5) is 4.49. The Bertz CT molecular complexity index is 606. The molecule has 2 nitrogen and oxygen atoms in total. The van der Waals surface area contributed by atoms with E-state index in [1.807, 2.05) is 6.07 Å². The molecule has 0 fully saturated rings. The van der Waals surface area contributed by atoms with Crippen LogP contribution in [0.3, 0.4) is 0 Å². The van der Waals surface area contributed by atoms with Gasteiger partial charge in [-0.1, -0.05) is 41.9 Å². The minimum absolute atomic E-state index is 0.199. The number of thiocyanates is 1. The topological polar surface area (TPSA) is 36.7 Å². The molecule has 7 heteroatoms. The van der Waals surface area contributed by atoms with Gasteiger partial charge in [0.25, 0.3) is 0 Å². The molecule has 1 atom stereocenters. The van der Waals surface area contributed by atoms with Crippen LogP contribution >= 0.6 is 58.1 Å². The second kappa shape index (κ2) is 6.36. The minimum atomic E-state index is 0.199. The summed E-state index contributed by atoms with van der Waals surface area (Å²) in [6, 6.07) is 3.53. The molecule has 0 N–H and O–H groups in total. The lowest BCUT2D eigenvalue weighted by atomic mass is 10.3. The van der Waals surface area contributed by atoms with E-state index in [2.05, 4.69) is 17.3 Å². The van der Waals surface area contributed by atoms with Crippen molar-refractivity contribution < 1.29 is 0 Å². The van der Waals surface area contributed by atoms with E-state index in [4.69, 9.17) is 28.5 Å². The highest BCUT2D eigenvalue weighted by molar-refractivity contribution is 8.19. The lowest BCUT2D eigenvalue weighted by molar-refractivity contribution is 1.06. The Labute approximate surface area is 128 Å². The molecule has 0 bridgehead atoms. The molecule has 0 aliphatic rings. The number of thiazole rings is 1. The number of hydrogen-bond donors (Lipinski definition) is 0. The molecule has 1 heterocycles. The number of thioether (sulfide) groups is 2. The van der Waals surface area contributed by atoms with Crippen molar-refractivity contribution in [2.45, 2.75) is 22.3 Å². The van der Waals surface area contributed by atoms with Crippen molar-refractivity contribution in [1.29, 1.82) is 5.26 Å². The molecule has 1 unspecified atom stereocenters. The first-order valence-electron chi connectivity index (χ1n) is 5.11. The molecule has 2 aromatic rings. The van der Waals surface area contributed by atoms with Crippen LogP contribution in [0.25, 0.3) is 10.2 Å². The highest BCUT2D eigenvalue weighted by atomic mass is 35.5. The van der Waals surface area contributed by atoms with Crippen LogP contribution in [0, 0.1) is 10.7 Å². The number of rotatable bonds is 4. The van der Waals surface area contributed by atoms with E-state index in [1.54, 1.807) is 29.2 Å².